The third-order valence-corrected chi connectivity index (χ3v) is 5.99. The Morgan fingerprint density at radius 1 is 1.30 bits per heavy atom. The van der Waals surface area contributed by atoms with Gasteiger partial charge in [0, 0.05) is 32.1 Å². The van der Waals surface area contributed by atoms with Crippen molar-refractivity contribution in [1.82, 2.24) is 14.8 Å². The van der Waals surface area contributed by atoms with Gasteiger partial charge in [-0.2, -0.15) is 0 Å². The molecule has 2 aromatic rings. The van der Waals surface area contributed by atoms with Crippen LogP contribution in [0, 0.1) is 5.92 Å². The number of ether oxygens (including phenoxy) is 1. The van der Waals surface area contributed by atoms with Gasteiger partial charge in [-0.25, -0.2) is 4.98 Å². The quantitative estimate of drug-likeness (QED) is 0.698. The summed E-state index contributed by atoms with van der Waals surface area (Å²) in [6.45, 7) is 6.28. The van der Waals surface area contributed by atoms with Crippen LogP contribution in [0.25, 0.3) is 12.2 Å². The summed E-state index contributed by atoms with van der Waals surface area (Å²) in [6.07, 6.45) is 5.61. The second-order valence-electron chi connectivity index (χ2n) is 8.62. The smallest absolute Gasteiger partial charge is 0.259 e. The monoisotopic (exact) mass is 451 g/mol. The summed E-state index contributed by atoms with van der Waals surface area (Å²) in [7, 11) is 1.76. The van der Waals surface area contributed by atoms with Gasteiger partial charge in [-0.05, 0) is 24.1 Å². The van der Waals surface area contributed by atoms with E-state index in [1.165, 1.54) is 0 Å². The highest BCUT2D eigenvalue weighted by atomic mass is 16.5. The van der Waals surface area contributed by atoms with Crippen LogP contribution in [-0.4, -0.2) is 70.6 Å². The molecule has 1 aromatic carbocycles. The topological polar surface area (TPSA) is 83.0 Å². The molecule has 0 saturated heterocycles. The number of carbonyl (C=O) groups excluding carboxylic acids is 2. The normalized spacial score (nSPS) is 19.4. The lowest BCUT2D eigenvalue weighted by molar-refractivity contribution is -0.131. The molecule has 0 unspecified atom stereocenters. The third-order valence-electron chi connectivity index (χ3n) is 5.99. The van der Waals surface area contributed by atoms with E-state index < -0.39 is 0 Å². The first-order valence-corrected chi connectivity index (χ1v) is 11.4. The number of amides is 2. The van der Waals surface area contributed by atoms with Crippen molar-refractivity contribution in [2.75, 3.05) is 26.7 Å². The first-order valence-electron chi connectivity index (χ1n) is 11.4. The highest BCUT2D eigenvalue weighted by Gasteiger charge is 2.34. The molecule has 7 nitrogen and oxygen atoms in total. The summed E-state index contributed by atoms with van der Waals surface area (Å²) in [6, 6.07) is 11.3. The number of carbonyl (C=O) groups is 2. The van der Waals surface area contributed by atoms with Crippen LogP contribution in [0.15, 0.2) is 42.6 Å². The molecule has 0 bridgehead atoms. The van der Waals surface area contributed by atoms with Gasteiger partial charge in [-0.1, -0.05) is 56.3 Å². The van der Waals surface area contributed by atoms with Gasteiger partial charge < -0.3 is 19.6 Å². The lowest BCUT2D eigenvalue weighted by Crippen LogP contribution is -2.50. The zero-order chi connectivity index (χ0) is 24.0. The molecule has 1 aromatic heterocycles. The molecular weight excluding hydrogens is 418 g/mol. The Balaban J connectivity index is 1.96. The molecule has 176 valence electrons. The predicted molar refractivity (Wildman–Crippen MR) is 129 cm³/mol. The van der Waals surface area contributed by atoms with Crippen LogP contribution in [0.5, 0.6) is 5.88 Å². The van der Waals surface area contributed by atoms with Crippen molar-refractivity contribution < 1.29 is 19.4 Å². The van der Waals surface area contributed by atoms with Gasteiger partial charge in [0.1, 0.15) is 11.7 Å². The predicted octanol–water partition coefficient (Wildman–Crippen LogP) is 3.34. The maximum Gasteiger partial charge on any atom is 0.259 e. The lowest BCUT2D eigenvalue weighted by Gasteiger charge is -2.37. The van der Waals surface area contributed by atoms with Crippen molar-refractivity contribution in [2.24, 2.45) is 5.92 Å². The molecule has 0 radical (unpaired) electrons. The van der Waals surface area contributed by atoms with Crippen LogP contribution in [0.1, 0.15) is 48.7 Å². The van der Waals surface area contributed by atoms with E-state index in [9.17, 15) is 14.7 Å². The van der Waals surface area contributed by atoms with Crippen molar-refractivity contribution in [3.63, 3.8) is 0 Å². The van der Waals surface area contributed by atoms with Gasteiger partial charge in [0.15, 0.2) is 0 Å². The van der Waals surface area contributed by atoms with E-state index in [0.29, 0.717) is 25.1 Å². The number of rotatable bonds is 7. The number of benzene rings is 1. The fourth-order valence-corrected chi connectivity index (χ4v) is 3.83. The molecule has 0 spiro atoms. The average Bonchev–Trinajstić information content (AvgIpc) is 2.84. The van der Waals surface area contributed by atoms with E-state index in [0.717, 1.165) is 11.1 Å². The maximum atomic E-state index is 13.5. The Hall–Kier alpha value is -3.19. The summed E-state index contributed by atoms with van der Waals surface area (Å²) in [5.74, 6) is -0.0139. The number of likely N-dealkylation sites (N-methyl/N-ethyl adjacent to an activating group) is 1. The molecule has 3 rings (SSSR count). The number of nitrogens with zero attached hydrogens (tertiary/aromatic N) is 3. The molecule has 0 saturated carbocycles. The second kappa shape index (κ2) is 11.1. The molecule has 3 atom stereocenters. The van der Waals surface area contributed by atoms with Gasteiger partial charge in [-0.3, -0.25) is 9.59 Å². The van der Waals surface area contributed by atoms with Crippen LogP contribution < -0.4 is 4.74 Å². The molecule has 2 heterocycles. The van der Waals surface area contributed by atoms with Crippen LogP contribution in [0.3, 0.4) is 0 Å². The first-order chi connectivity index (χ1) is 15.8. The van der Waals surface area contributed by atoms with Crippen LogP contribution >= 0.6 is 0 Å². The molecule has 1 aliphatic rings. The van der Waals surface area contributed by atoms with E-state index in [1.807, 2.05) is 63.3 Å². The Morgan fingerprint density at radius 2 is 2.00 bits per heavy atom. The fraction of sp³-hybridized carbons (Fsp3) is 0.423. The molecule has 1 N–H and O–H groups in total. The van der Waals surface area contributed by atoms with Crippen LogP contribution in [0.4, 0.5) is 0 Å². The fourth-order valence-electron chi connectivity index (χ4n) is 3.83. The highest BCUT2D eigenvalue weighted by molar-refractivity contribution is 5.97. The second-order valence-corrected chi connectivity index (χ2v) is 8.62. The number of aromatic nitrogens is 1. The van der Waals surface area contributed by atoms with E-state index >= 15 is 0 Å². The Kier molecular flexibility index (Phi) is 8.22. The Bertz CT molecular complexity index is 992. The zero-order valence-corrected chi connectivity index (χ0v) is 19.8. The number of hydrogen-bond acceptors (Lipinski definition) is 5. The zero-order valence-electron chi connectivity index (χ0n) is 19.8. The van der Waals surface area contributed by atoms with Crippen molar-refractivity contribution in [1.29, 1.82) is 0 Å². The van der Waals surface area contributed by atoms with Gasteiger partial charge in [0.2, 0.25) is 11.8 Å². The number of pyridine rings is 1. The SMILES string of the molecule is CCC(=O)N(C)C[C@H]1Oc2ncc(/C=C/c3ccccc3)cc2C(=O)N([C@@H](C)CO)C[C@H]1C. The van der Waals surface area contributed by atoms with E-state index in [4.69, 9.17) is 4.74 Å². The molecule has 0 fully saturated rings. The summed E-state index contributed by atoms with van der Waals surface area (Å²) < 4.78 is 6.23. The van der Waals surface area contributed by atoms with E-state index in [-0.39, 0.29) is 42.4 Å². The van der Waals surface area contributed by atoms with Gasteiger partial charge >= 0.3 is 0 Å². The van der Waals surface area contributed by atoms with Gasteiger partial charge in [0.25, 0.3) is 5.91 Å². The Morgan fingerprint density at radius 3 is 2.67 bits per heavy atom. The molecular formula is C26H33N3O4. The van der Waals surface area contributed by atoms with Crippen LogP contribution in [-0.2, 0) is 4.79 Å². The minimum atomic E-state index is -0.356. The highest BCUT2D eigenvalue weighted by Crippen LogP contribution is 2.28. The number of aliphatic hydroxyl groups excluding tert-OH is 1. The van der Waals surface area contributed by atoms with E-state index in [1.54, 1.807) is 29.1 Å². The molecule has 1 aliphatic heterocycles. The summed E-state index contributed by atoms with van der Waals surface area (Å²) >= 11 is 0. The first kappa shape index (κ1) is 24.5. The molecule has 33 heavy (non-hydrogen) atoms. The van der Waals surface area contributed by atoms with Crippen molar-refractivity contribution in [3.05, 3.63) is 59.3 Å². The van der Waals surface area contributed by atoms with Crippen LogP contribution in [0.2, 0.25) is 0 Å². The summed E-state index contributed by atoms with van der Waals surface area (Å²) in [4.78, 5) is 33.4. The van der Waals surface area contributed by atoms with E-state index in [2.05, 4.69) is 4.98 Å². The van der Waals surface area contributed by atoms with Crippen molar-refractivity contribution >= 4 is 24.0 Å². The van der Waals surface area contributed by atoms with Crippen molar-refractivity contribution in [3.8, 4) is 5.88 Å². The summed E-state index contributed by atoms with van der Waals surface area (Å²) in [5.41, 5.74) is 2.17. The standard InChI is InChI=1S/C26H33N3O4/c1-5-24(31)28(4)16-23-18(2)15-29(19(3)17-30)26(32)22-13-21(14-27-25(22)33-23)12-11-20-9-7-6-8-10-20/h6-14,18-19,23,30H,5,15-17H2,1-4H3/b12-11+/t18-,19+,23-/m1/s1. The van der Waals surface area contributed by atoms with Gasteiger partial charge in [0.05, 0.1) is 19.2 Å². The molecule has 0 aliphatic carbocycles. The average molecular weight is 452 g/mol. The van der Waals surface area contributed by atoms with Crippen molar-refractivity contribution in [2.45, 2.75) is 39.3 Å². The summed E-state index contributed by atoms with van der Waals surface area (Å²) in [5, 5.41) is 9.78. The maximum absolute atomic E-state index is 13.5. The minimum Gasteiger partial charge on any atom is -0.472 e. The van der Waals surface area contributed by atoms with Gasteiger partial charge in [-0.15, -0.1) is 0 Å². The minimum absolute atomic E-state index is 0.0269. The number of hydrogen-bond donors (Lipinski definition) is 1. The third kappa shape index (κ3) is 5.99. The molecule has 2 amide bonds. The Labute approximate surface area is 195 Å². The number of fused-ring (bicyclic) bond motifs is 1. The largest absolute Gasteiger partial charge is 0.472 e. The molecule has 7 heteroatoms. The number of aliphatic hydroxyl groups is 1. The lowest BCUT2D eigenvalue weighted by atomic mass is 9.99.